The Kier molecular flexibility index (Phi) is 2.84. The molecule has 0 amide bonds. The van der Waals surface area contributed by atoms with Gasteiger partial charge in [-0.15, -0.1) is 0 Å². The Morgan fingerprint density at radius 3 is 1.47 bits per heavy atom. The van der Waals surface area contributed by atoms with Crippen molar-refractivity contribution in [2.45, 2.75) is 0 Å². The van der Waals surface area contributed by atoms with Crippen molar-refractivity contribution in [1.82, 2.24) is 0 Å². The van der Waals surface area contributed by atoms with Crippen LogP contribution in [0.5, 0.6) is 0 Å². The molecular weight excluding hydrogens is 182 g/mol. The van der Waals surface area contributed by atoms with Crippen molar-refractivity contribution in [3.05, 3.63) is 73.4 Å². The molecule has 0 atom stereocenters. The van der Waals surface area contributed by atoms with Gasteiger partial charge in [-0.3, -0.25) is 0 Å². The Labute approximate surface area is 90.3 Å². The summed E-state index contributed by atoms with van der Waals surface area (Å²) in [5, 5.41) is 0. The topological polar surface area (TPSA) is 3.24 Å². The van der Waals surface area contributed by atoms with E-state index in [0.29, 0.717) is 0 Å². The van der Waals surface area contributed by atoms with Gasteiger partial charge in [-0.05, 0) is 24.3 Å². The highest BCUT2D eigenvalue weighted by atomic mass is 15.1. The van der Waals surface area contributed by atoms with Crippen molar-refractivity contribution < 1.29 is 0 Å². The van der Waals surface area contributed by atoms with Gasteiger partial charge in [-0.1, -0.05) is 43.0 Å². The van der Waals surface area contributed by atoms with Crippen LogP contribution in [0.15, 0.2) is 67.2 Å². The number of nitrogens with zero attached hydrogens (tertiary/aromatic N) is 1. The standard InChI is InChI=1S/C14H12N/c1-2-15(13-9-5-3-6-10-13)14-11-7-4-8-12-14/h3-12H,1H2. The van der Waals surface area contributed by atoms with Crippen LogP contribution in [0, 0.1) is 6.20 Å². The molecule has 1 radical (unpaired) electrons. The molecule has 1 heteroatoms. The van der Waals surface area contributed by atoms with E-state index in [1.165, 1.54) is 0 Å². The zero-order valence-corrected chi connectivity index (χ0v) is 8.43. The number of benzene rings is 2. The highest BCUT2D eigenvalue weighted by Crippen LogP contribution is 2.23. The molecule has 0 N–H and O–H groups in total. The van der Waals surface area contributed by atoms with E-state index in [0.717, 1.165) is 11.4 Å². The Bertz CT molecular complexity index is 380. The van der Waals surface area contributed by atoms with Crippen molar-refractivity contribution in [1.29, 1.82) is 0 Å². The summed E-state index contributed by atoms with van der Waals surface area (Å²) in [6.07, 6.45) is 2.92. The van der Waals surface area contributed by atoms with Gasteiger partial charge in [0.05, 0.1) is 6.20 Å². The van der Waals surface area contributed by atoms with Gasteiger partial charge in [-0.2, -0.15) is 0 Å². The average Bonchev–Trinajstić information content (AvgIpc) is 2.33. The second-order valence-electron chi connectivity index (χ2n) is 3.16. The molecule has 0 fully saturated rings. The largest absolute Gasteiger partial charge is 0.309 e. The van der Waals surface area contributed by atoms with E-state index < -0.39 is 0 Å². The van der Waals surface area contributed by atoms with Crippen molar-refractivity contribution in [3.8, 4) is 0 Å². The fourth-order valence-corrected chi connectivity index (χ4v) is 1.49. The van der Waals surface area contributed by atoms with Crippen LogP contribution < -0.4 is 4.90 Å². The fourth-order valence-electron chi connectivity index (χ4n) is 1.49. The van der Waals surface area contributed by atoms with Gasteiger partial charge in [0.25, 0.3) is 0 Å². The van der Waals surface area contributed by atoms with Gasteiger partial charge < -0.3 is 4.90 Å². The molecule has 0 saturated carbocycles. The molecule has 0 bridgehead atoms. The number of hydrogen-bond acceptors (Lipinski definition) is 1. The predicted octanol–water partition coefficient (Wildman–Crippen LogP) is 3.77. The van der Waals surface area contributed by atoms with E-state index in [1.54, 1.807) is 0 Å². The van der Waals surface area contributed by atoms with Crippen LogP contribution in [0.3, 0.4) is 0 Å². The Hall–Kier alpha value is -2.02. The predicted molar refractivity (Wildman–Crippen MR) is 63.9 cm³/mol. The third-order valence-corrected chi connectivity index (χ3v) is 2.19. The minimum Gasteiger partial charge on any atom is -0.309 e. The molecule has 15 heavy (non-hydrogen) atoms. The Morgan fingerprint density at radius 2 is 1.13 bits per heavy atom. The van der Waals surface area contributed by atoms with Crippen LogP contribution in [0.1, 0.15) is 0 Å². The van der Waals surface area contributed by atoms with Crippen LogP contribution in [-0.4, -0.2) is 0 Å². The lowest BCUT2D eigenvalue weighted by Gasteiger charge is -2.18. The molecule has 0 heterocycles. The molecule has 0 aliphatic carbocycles. The van der Waals surface area contributed by atoms with E-state index in [1.807, 2.05) is 65.6 Å². The molecule has 2 aromatic rings. The first kappa shape index (κ1) is 9.53. The third kappa shape index (κ3) is 2.08. The Balaban J connectivity index is 2.38. The zero-order chi connectivity index (χ0) is 10.5. The van der Waals surface area contributed by atoms with Gasteiger partial charge in [0, 0.05) is 11.4 Å². The van der Waals surface area contributed by atoms with Crippen molar-refractivity contribution in [3.63, 3.8) is 0 Å². The monoisotopic (exact) mass is 194 g/mol. The first-order valence-corrected chi connectivity index (χ1v) is 4.85. The number of anilines is 2. The first-order valence-electron chi connectivity index (χ1n) is 4.85. The van der Waals surface area contributed by atoms with Gasteiger partial charge in [0.1, 0.15) is 0 Å². The summed E-state index contributed by atoms with van der Waals surface area (Å²) >= 11 is 0. The molecule has 2 aromatic carbocycles. The van der Waals surface area contributed by atoms with Crippen LogP contribution >= 0.6 is 0 Å². The zero-order valence-electron chi connectivity index (χ0n) is 8.43. The number of hydrogen-bond donors (Lipinski definition) is 0. The maximum absolute atomic E-state index is 3.71. The summed E-state index contributed by atoms with van der Waals surface area (Å²) in [5.74, 6) is 0. The normalized spacial score (nSPS) is 9.60. The summed E-state index contributed by atoms with van der Waals surface area (Å²) in [7, 11) is 0. The summed E-state index contributed by atoms with van der Waals surface area (Å²) in [6, 6.07) is 20.1. The molecule has 1 nitrogen and oxygen atoms in total. The maximum atomic E-state index is 3.71. The fraction of sp³-hybridized carbons (Fsp3) is 0. The maximum Gasteiger partial charge on any atom is 0.0624 e. The third-order valence-electron chi connectivity index (χ3n) is 2.19. The minimum absolute atomic E-state index is 1.07. The molecule has 0 saturated heterocycles. The quantitative estimate of drug-likeness (QED) is 0.672. The number of rotatable bonds is 3. The van der Waals surface area contributed by atoms with Gasteiger partial charge >= 0.3 is 0 Å². The molecule has 0 aliphatic heterocycles. The summed E-state index contributed by atoms with van der Waals surface area (Å²) in [5.41, 5.74) is 2.14. The average molecular weight is 194 g/mol. The van der Waals surface area contributed by atoms with Crippen molar-refractivity contribution >= 4 is 11.4 Å². The van der Waals surface area contributed by atoms with E-state index in [9.17, 15) is 0 Å². The molecule has 0 spiro atoms. The molecule has 2 rings (SSSR count). The molecule has 0 aliphatic rings. The molecule has 0 aromatic heterocycles. The molecular formula is C14H12N. The minimum atomic E-state index is 1.07. The van der Waals surface area contributed by atoms with Gasteiger partial charge in [0.15, 0.2) is 0 Å². The highest BCUT2D eigenvalue weighted by Gasteiger charge is 2.03. The summed E-state index contributed by atoms with van der Waals surface area (Å²) in [4.78, 5) is 1.93. The van der Waals surface area contributed by atoms with Gasteiger partial charge in [-0.25, -0.2) is 0 Å². The summed E-state index contributed by atoms with van der Waals surface area (Å²) < 4.78 is 0. The molecule has 73 valence electrons. The smallest absolute Gasteiger partial charge is 0.0624 e. The lowest BCUT2D eigenvalue weighted by Crippen LogP contribution is -2.07. The van der Waals surface area contributed by atoms with Crippen LogP contribution in [0.4, 0.5) is 11.4 Å². The number of para-hydroxylation sites is 2. The first-order chi connectivity index (χ1) is 7.42. The van der Waals surface area contributed by atoms with Crippen LogP contribution in [0.2, 0.25) is 0 Å². The van der Waals surface area contributed by atoms with Crippen LogP contribution in [0.25, 0.3) is 0 Å². The van der Waals surface area contributed by atoms with E-state index in [4.69, 9.17) is 0 Å². The van der Waals surface area contributed by atoms with Crippen LogP contribution in [-0.2, 0) is 0 Å². The Morgan fingerprint density at radius 1 is 0.733 bits per heavy atom. The lowest BCUT2D eigenvalue weighted by atomic mass is 10.2. The van der Waals surface area contributed by atoms with Gasteiger partial charge in [0.2, 0.25) is 0 Å². The van der Waals surface area contributed by atoms with E-state index in [2.05, 4.69) is 12.8 Å². The van der Waals surface area contributed by atoms with Crippen molar-refractivity contribution in [2.75, 3.05) is 4.90 Å². The van der Waals surface area contributed by atoms with E-state index in [-0.39, 0.29) is 0 Å². The highest BCUT2D eigenvalue weighted by molar-refractivity contribution is 5.63. The SMILES string of the molecule is C=[C]N(c1ccccc1)c1ccccc1. The summed E-state index contributed by atoms with van der Waals surface area (Å²) in [6.45, 7) is 3.71. The van der Waals surface area contributed by atoms with Crippen molar-refractivity contribution in [2.24, 2.45) is 0 Å². The second kappa shape index (κ2) is 4.47. The molecule has 0 unspecified atom stereocenters. The second-order valence-corrected chi connectivity index (χ2v) is 3.16. The lowest BCUT2D eigenvalue weighted by molar-refractivity contribution is 1.25. The van der Waals surface area contributed by atoms with E-state index >= 15 is 0 Å².